The molecule has 0 aromatic heterocycles. The first-order valence-corrected chi connectivity index (χ1v) is 17.5. The largest absolute Gasteiger partial charge is 0.393 e. The van der Waals surface area contributed by atoms with Gasteiger partial charge in [-0.25, -0.2) is 0 Å². The molecule has 1 saturated heterocycles. The lowest BCUT2D eigenvalue weighted by molar-refractivity contribution is -0.246. The molecule has 2 N–H and O–H groups in total. The van der Waals surface area contributed by atoms with Crippen molar-refractivity contribution in [3.63, 3.8) is 0 Å². The molecule has 4 nitrogen and oxygen atoms in total. The van der Waals surface area contributed by atoms with E-state index in [1.807, 2.05) is 0 Å². The third kappa shape index (κ3) is 4.22. The molecular weight excluding hydrogens is 504 g/mol. The number of rotatable bonds is 3. The molecule has 0 aromatic rings. The molecule has 11 atom stereocenters. The zero-order chi connectivity index (χ0) is 29.6. The van der Waals surface area contributed by atoms with E-state index in [1.165, 1.54) is 50.5 Å². The van der Waals surface area contributed by atoms with Gasteiger partial charge >= 0.3 is 0 Å². The number of likely N-dealkylation sites (tertiary alicyclic amines) is 1. The molecule has 41 heavy (non-hydrogen) atoms. The molecule has 5 aliphatic carbocycles. The van der Waals surface area contributed by atoms with Crippen molar-refractivity contribution in [1.29, 1.82) is 0 Å². The maximum absolute atomic E-state index is 14.5. The minimum atomic E-state index is -0.215. The second-order valence-electron chi connectivity index (χ2n) is 17.6. The fraction of sp³-hybridized carbons (Fsp3) is 0.919. The highest BCUT2D eigenvalue weighted by Gasteiger charge is 2.71. The van der Waals surface area contributed by atoms with Crippen molar-refractivity contribution in [3.8, 4) is 0 Å². The number of nitrogens with zero attached hydrogens (tertiary/aromatic N) is 1. The first-order chi connectivity index (χ1) is 19.2. The summed E-state index contributed by atoms with van der Waals surface area (Å²) in [5, 5.41) is 14.7. The molecule has 4 heteroatoms. The van der Waals surface area contributed by atoms with E-state index in [-0.39, 0.29) is 27.8 Å². The Morgan fingerprint density at radius 2 is 1.59 bits per heavy atom. The first-order valence-electron chi connectivity index (χ1n) is 17.5. The van der Waals surface area contributed by atoms with E-state index in [2.05, 4.69) is 65.4 Å². The molecule has 1 aliphatic heterocycles. The second kappa shape index (κ2) is 10.1. The second-order valence-corrected chi connectivity index (χ2v) is 17.6. The van der Waals surface area contributed by atoms with Crippen LogP contribution >= 0.6 is 0 Å². The lowest BCUT2D eigenvalue weighted by atomic mass is 9.32. The molecule has 0 aromatic carbocycles. The predicted octanol–water partition coefficient (Wildman–Crippen LogP) is 7.61. The van der Waals surface area contributed by atoms with Gasteiger partial charge < -0.3 is 15.3 Å². The van der Waals surface area contributed by atoms with E-state index in [0.717, 1.165) is 51.6 Å². The van der Waals surface area contributed by atoms with Gasteiger partial charge in [0, 0.05) is 6.04 Å². The number of nitrogens with one attached hydrogen (secondary N) is 1. The first kappa shape index (κ1) is 30.2. The summed E-state index contributed by atoms with van der Waals surface area (Å²) >= 11 is 0. The number of hydrogen-bond donors (Lipinski definition) is 2. The average molecular weight is 567 g/mol. The summed E-state index contributed by atoms with van der Waals surface area (Å²) in [5.41, 5.74) is 1.93. The van der Waals surface area contributed by atoms with E-state index in [4.69, 9.17) is 0 Å². The van der Waals surface area contributed by atoms with Crippen molar-refractivity contribution < 1.29 is 9.90 Å². The van der Waals surface area contributed by atoms with Crippen LogP contribution in [0.15, 0.2) is 12.2 Å². The van der Waals surface area contributed by atoms with Gasteiger partial charge in [0.05, 0.1) is 11.5 Å². The van der Waals surface area contributed by atoms with E-state index in [1.54, 1.807) is 0 Å². The summed E-state index contributed by atoms with van der Waals surface area (Å²) in [4.78, 5) is 17.0. The topological polar surface area (TPSA) is 52.6 Å². The molecule has 0 bridgehead atoms. The predicted molar refractivity (Wildman–Crippen MR) is 168 cm³/mol. The fourth-order valence-corrected chi connectivity index (χ4v) is 13.2. The summed E-state index contributed by atoms with van der Waals surface area (Å²) in [6.45, 7) is 21.7. The molecule has 0 spiro atoms. The van der Waals surface area contributed by atoms with E-state index in [0.29, 0.717) is 47.0 Å². The van der Waals surface area contributed by atoms with Gasteiger partial charge in [0.15, 0.2) is 0 Å². The van der Waals surface area contributed by atoms with Crippen molar-refractivity contribution in [2.45, 2.75) is 137 Å². The van der Waals surface area contributed by atoms with Crippen LogP contribution in [0.4, 0.5) is 0 Å². The van der Waals surface area contributed by atoms with Crippen LogP contribution in [-0.4, -0.2) is 48.2 Å². The monoisotopic (exact) mass is 566 g/mol. The molecule has 0 radical (unpaired) electrons. The van der Waals surface area contributed by atoms with Crippen LogP contribution in [0.1, 0.15) is 125 Å². The average Bonchev–Trinajstić information content (AvgIpc) is 3.20. The molecule has 1 amide bonds. The Morgan fingerprint density at radius 1 is 0.829 bits per heavy atom. The van der Waals surface area contributed by atoms with Crippen LogP contribution in [0.3, 0.4) is 0 Å². The number of carbonyl (C=O) groups is 1. The zero-order valence-electron chi connectivity index (χ0n) is 27.7. The number of aliphatic hydroxyl groups is 1. The zero-order valence-corrected chi connectivity index (χ0v) is 27.7. The highest BCUT2D eigenvalue weighted by Crippen LogP contribution is 2.77. The molecule has 6 fully saturated rings. The Bertz CT molecular complexity index is 1050. The Morgan fingerprint density at radius 3 is 2.32 bits per heavy atom. The quantitative estimate of drug-likeness (QED) is 0.346. The highest BCUT2D eigenvalue weighted by atomic mass is 16.3. The normalized spacial score (nSPS) is 51.4. The molecule has 6 rings (SSSR count). The summed E-state index contributed by atoms with van der Waals surface area (Å²) in [7, 11) is 2.22. The number of aliphatic hydroxyl groups excluding tert-OH is 1. The van der Waals surface area contributed by atoms with Gasteiger partial charge in [0.1, 0.15) is 0 Å². The minimum Gasteiger partial charge on any atom is -0.393 e. The van der Waals surface area contributed by atoms with Crippen LogP contribution in [0.25, 0.3) is 0 Å². The van der Waals surface area contributed by atoms with Gasteiger partial charge in [0.25, 0.3) is 0 Å². The minimum absolute atomic E-state index is 0.00477. The number of carbonyl (C=O) groups excluding carboxylic acids is 1. The van der Waals surface area contributed by atoms with Crippen LogP contribution in [0, 0.1) is 56.7 Å². The Hall–Kier alpha value is -0.870. The Kier molecular flexibility index (Phi) is 7.42. The van der Waals surface area contributed by atoms with E-state index >= 15 is 0 Å². The highest BCUT2D eigenvalue weighted by molar-refractivity contribution is 5.84. The molecule has 1 heterocycles. The molecule has 1 unspecified atom stereocenters. The molecular formula is C37H62N2O2. The SMILES string of the molecule is C=C(C)[C@@H]1CC[C@]2(C(=O)NC3CCCN(C)CC3)CC[C@]3(C)[C@H](CC[C@@H]4[C@@]5(C)CC[C@H](O)C(C)(C)[C@@H]5CC[C@]43C)[C@@H]12. The summed E-state index contributed by atoms with van der Waals surface area (Å²) in [6, 6.07) is 0.327. The van der Waals surface area contributed by atoms with Crippen molar-refractivity contribution >= 4 is 5.91 Å². The number of fused-ring (bicyclic) bond motifs is 7. The lowest BCUT2D eigenvalue weighted by Crippen LogP contribution is -2.67. The van der Waals surface area contributed by atoms with Gasteiger partial charge in [0.2, 0.25) is 5.91 Å². The Balaban J connectivity index is 1.32. The summed E-state index contributed by atoms with van der Waals surface area (Å²) in [5.74, 6) is 3.19. The number of allylic oxidation sites excluding steroid dienone is 1. The van der Waals surface area contributed by atoms with Gasteiger partial charge in [-0.2, -0.15) is 0 Å². The third-order valence-corrected chi connectivity index (χ3v) is 15.8. The molecule has 232 valence electrons. The van der Waals surface area contributed by atoms with Crippen LogP contribution in [0.5, 0.6) is 0 Å². The van der Waals surface area contributed by atoms with E-state index in [9.17, 15) is 9.90 Å². The van der Waals surface area contributed by atoms with Gasteiger partial charge in [-0.1, -0.05) is 46.8 Å². The van der Waals surface area contributed by atoms with Crippen molar-refractivity contribution in [1.82, 2.24) is 10.2 Å². The number of hydrogen-bond acceptors (Lipinski definition) is 3. The van der Waals surface area contributed by atoms with Gasteiger partial charge in [-0.3, -0.25) is 4.79 Å². The fourth-order valence-electron chi connectivity index (χ4n) is 13.2. The number of amides is 1. The molecule has 6 aliphatic rings. The van der Waals surface area contributed by atoms with Gasteiger partial charge in [-0.05, 0) is 162 Å². The van der Waals surface area contributed by atoms with Crippen LogP contribution in [-0.2, 0) is 4.79 Å². The van der Waals surface area contributed by atoms with Crippen LogP contribution < -0.4 is 5.32 Å². The smallest absolute Gasteiger partial charge is 0.226 e. The lowest BCUT2D eigenvalue weighted by Gasteiger charge is -2.72. The van der Waals surface area contributed by atoms with Gasteiger partial charge in [-0.15, -0.1) is 0 Å². The van der Waals surface area contributed by atoms with Crippen molar-refractivity contribution in [2.24, 2.45) is 56.7 Å². The Labute approximate surface area is 251 Å². The van der Waals surface area contributed by atoms with Crippen molar-refractivity contribution in [3.05, 3.63) is 12.2 Å². The van der Waals surface area contributed by atoms with Crippen LogP contribution in [0.2, 0.25) is 0 Å². The van der Waals surface area contributed by atoms with Crippen molar-refractivity contribution in [2.75, 3.05) is 20.1 Å². The maximum Gasteiger partial charge on any atom is 0.226 e. The standard InChI is InChI=1S/C37H62N2O2/c1-24(2)26-13-19-37(32(41)38-25-10-9-22-39(8)23-16-25)21-20-35(6)27(31(26)37)11-12-29-34(5)17-15-30(40)33(3,4)28(34)14-18-36(29,35)7/h25-31,40H,1,9-23H2,2-8H3,(H,38,41)/t25?,26-,27+,28-,29+,30-,31+,34-,35+,36+,37-/m0/s1. The maximum atomic E-state index is 14.5. The summed E-state index contributed by atoms with van der Waals surface area (Å²) in [6.07, 6.45) is 14.8. The summed E-state index contributed by atoms with van der Waals surface area (Å²) < 4.78 is 0. The third-order valence-electron chi connectivity index (χ3n) is 15.8. The van der Waals surface area contributed by atoms with E-state index < -0.39 is 0 Å². The molecule has 5 saturated carbocycles.